The van der Waals surface area contributed by atoms with Crippen molar-refractivity contribution in [2.45, 2.75) is 26.5 Å². The fourth-order valence-electron chi connectivity index (χ4n) is 4.91. The molecule has 0 saturated heterocycles. The second-order valence-corrected chi connectivity index (χ2v) is 8.63. The van der Waals surface area contributed by atoms with Crippen LogP contribution in [0.2, 0.25) is 0 Å². The van der Waals surface area contributed by atoms with Gasteiger partial charge in [-0.1, -0.05) is 50.2 Å². The zero-order chi connectivity index (χ0) is 23.8. The summed E-state index contributed by atoms with van der Waals surface area (Å²) >= 11 is 0. The molecule has 0 spiro atoms. The number of nitrogens with one attached hydrogen (secondary N) is 2. The first-order valence-electron chi connectivity index (χ1n) is 11.7. The van der Waals surface area contributed by atoms with Crippen molar-refractivity contribution < 1.29 is 14.7 Å². The van der Waals surface area contributed by atoms with Crippen LogP contribution >= 0.6 is 0 Å². The molecule has 4 aromatic rings. The third-order valence-corrected chi connectivity index (χ3v) is 6.62. The van der Waals surface area contributed by atoms with E-state index in [-0.39, 0.29) is 0 Å². The van der Waals surface area contributed by atoms with Crippen LogP contribution in [0.25, 0.3) is 33.0 Å². The highest BCUT2D eigenvalue weighted by Gasteiger charge is 2.35. The van der Waals surface area contributed by atoms with Gasteiger partial charge in [-0.25, -0.2) is 0 Å². The lowest BCUT2D eigenvalue weighted by atomic mass is 9.95. The number of benzene rings is 2. The van der Waals surface area contributed by atoms with E-state index in [1.165, 1.54) is 0 Å². The first-order valence-corrected chi connectivity index (χ1v) is 11.7. The Morgan fingerprint density at radius 1 is 0.912 bits per heavy atom. The van der Waals surface area contributed by atoms with Crippen molar-refractivity contribution in [2.75, 3.05) is 19.6 Å². The third-order valence-electron chi connectivity index (χ3n) is 6.62. The molecule has 0 aliphatic carbocycles. The number of carbonyl (C=O) groups is 2. The zero-order valence-corrected chi connectivity index (χ0v) is 19.3. The number of rotatable bonds is 8. The largest absolute Gasteiger partial charge is 0.390 e. The standard InChI is InChI=1S/C27H28N4O3/c1-3-30(4-2)14-17(32)15-31-16-21(19-10-6-8-12-23(19)31)25-24(26(33)29-27(25)34)20-13-28-22-11-7-5-9-18(20)22/h5-13,16-17,28,32H,3-4,14-15H2,1-2H3,(H,29,33,34). The van der Waals surface area contributed by atoms with E-state index in [0.717, 1.165) is 34.9 Å². The molecule has 1 unspecified atom stereocenters. The number of carbonyl (C=O) groups excluding carboxylic acids is 2. The Hall–Kier alpha value is -3.68. The molecule has 7 nitrogen and oxygen atoms in total. The number of aromatic nitrogens is 2. The quantitative estimate of drug-likeness (QED) is 0.355. The van der Waals surface area contributed by atoms with Gasteiger partial charge >= 0.3 is 0 Å². The van der Waals surface area contributed by atoms with Crippen LogP contribution in [-0.4, -0.2) is 57.1 Å². The number of amides is 2. The summed E-state index contributed by atoms with van der Waals surface area (Å²) in [6, 6.07) is 15.5. The molecule has 1 aliphatic heterocycles. The Labute approximate surface area is 197 Å². The molecule has 174 valence electrons. The molecule has 0 saturated carbocycles. The van der Waals surface area contributed by atoms with E-state index < -0.39 is 17.9 Å². The SMILES string of the molecule is CCN(CC)CC(O)Cn1cc(C2=C(c3c[nH]c4ccccc34)C(=O)NC2=O)c2ccccc21. The van der Waals surface area contributed by atoms with Crippen LogP contribution < -0.4 is 5.32 Å². The lowest BCUT2D eigenvalue weighted by molar-refractivity contribution is -0.122. The average Bonchev–Trinajstić information content (AvgIpc) is 3.50. The number of aromatic amines is 1. The summed E-state index contributed by atoms with van der Waals surface area (Å²) in [5, 5.41) is 15.0. The second-order valence-electron chi connectivity index (χ2n) is 8.63. The first kappa shape index (κ1) is 22.1. The van der Waals surface area contributed by atoms with Crippen LogP contribution in [0.15, 0.2) is 60.9 Å². The molecule has 1 atom stereocenters. The number of H-pyrrole nitrogens is 1. The molecule has 3 N–H and O–H groups in total. The Bertz CT molecular complexity index is 1420. The molecular formula is C27H28N4O3. The minimum Gasteiger partial charge on any atom is -0.390 e. The van der Waals surface area contributed by atoms with Crippen molar-refractivity contribution >= 4 is 44.8 Å². The van der Waals surface area contributed by atoms with Crippen LogP contribution in [-0.2, 0) is 16.1 Å². The van der Waals surface area contributed by atoms with Crippen molar-refractivity contribution in [2.24, 2.45) is 0 Å². The summed E-state index contributed by atoms with van der Waals surface area (Å²) in [6.07, 6.45) is 3.11. The Kier molecular flexibility index (Phi) is 5.81. The summed E-state index contributed by atoms with van der Waals surface area (Å²) in [4.78, 5) is 31.4. The Balaban J connectivity index is 1.64. The number of para-hydroxylation sites is 2. The van der Waals surface area contributed by atoms with E-state index in [0.29, 0.717) is 35.4 Å². The lowest BCUT2D eigenvalue weighted by Gasteiger charge is -2.22. The number of likely N-dealkylation sites (N-methyl/N-ethyl adjacent to an activating group) is 1. The van der Waals surface area contributed by atoms with Gasteiger partial charge in [-0.05, 0) is 25.2 Å². The normalized spacial score (nSPS) is 15.2. The van der Waals surface area contributed by atoms with E-state index >= 15 is 0 Å². The second kappa shape index (κ2) is 8.93. The number of aliphatic hydroxyl groups excluding tert-OH is 1. The van der Waals surface area contributed by atoms with Crippen molar-refractivity contribution in [3.63, 3.8) is 0 Å². The monoisotopic (exact) mass is 456 g/mol. The van der Waals surface area contributed by atoms with Gasteiger partial charge in [0.1, 0.15) is 0 Å². The van der Waals surface area contributed by atoms with Gasteiger partial charge in [0.2, 0.25) is 0 Å². The van der Waals surface area contributed by atoms with Crippen molar-refractivity contribution in [1.29, 1.82) is 0 Å². The molecule has 7 heteroatoms. The molecular weight excluding hydrogens is 428 g/mol. The molecule has 34 heavy (non-hydrogen) atoms. The molecule has 2 aromatic carbocycles. The molecule has 2 aromatic heterocycles. The Morgan fingerprint density at radius 2 is 1.56 bits per heavy atom. The van der Waals surface area contributed by atoms with Gasteiger partial charge in [-0.15, -0.1) is 0 Å². The highest BCUT2D eigenvalue weighted by atomic mass is 16.3. The summed E-state index contributed by atoms with van der Waals surface area (Å²) < 4.78 is 1.98. The number of hydrogen-bond donors (Lipinski definition) is 3. The maximum Gasteiger partial charge on any atom is 0.259 e. The van der Waals surface area contributed by atoms with Gasteiger partial charge in [0.15, 0.2) is 0 Å². The zero-order valence-electron chi connectivity index (χ0n) is 19.3. The summed E-state index contributed by atoms with van der Waals surface area (Å²) in [6.45, 7) is 6.85. The van der Waals surface area contributed by atoms with Crippen molar-refractivity contribution in [1.82, 2.24) is 19.8 Å². The number of fused-ring (bicyclic) bond motifs is 2. The Morgan fingerprint density at radius 3 is 2.29 bits per heavy atom. The number of nitrogens with zero attached hydrogens (tertiary/aromatic N) is 2. The fraction of sp³-hybridized carbons (Fsp3) is 0.259. The molecule has 0 bridgehead atoms. The first-order chi connectivity index (χ1) is 16.5. The van der Waals surface area contributed by atoms with Gasteiger partial charge in [-0.3, -0.25) is 14.9 Å². The van der Waals surface area contributed by atoms with E-state index in [1.54, 1.807) is 6.20 Å². The smallest absolute Gasteiger partial charge is 0.259 e. The van der Waals surface area contributed by atoms with Gasteiger partial charge in [-0.2, -0.15) is 0 Å². The molecule has 0 radical (unpaired) electrons. The summed E-state index contributed by atoms with van der Waals surface area (Å²) in [5.41, 5.74) is 3.94. The average molecular weight is 457 g/mol. The van der Waals surface area contributed by atoms with E-state index in [9.17, 15) is 14.7 Å². The maximum absolute atomic E-state index is 13.1. The predicted molar refractivity (Wildman–Crippen MR) is 134 cm³/mol. The van der Waals surface area contributed by atoms with Gasteiger partial charge in [0.25, 0.3) is 11.8 Å². The van der Waals surface area contributed by atoms with Crippen LogP contribution in [0.4, 0.5) is 0 Å². The predicted octanol–water partition coefficient (Wildman–Crippen LogP) is 3.39. The fourth-order valence-corrected chi connectivity index (χ4v) is 4.91. The van der Waals surface area contributed by atoms with Gasteiger partial charge in [0, 0.05) is 58.4 Å². The highest BCUT2D eigenvalue weighted by Crippen LogP contribution is 2.38. The maximum atomic E-state index is 13.1. The van der Waals surface area contributed by atoms with Crippen LogP contribution in [0, 0.1) is 0 Å². The summed E-state index contributed by atoms with van der Waals surface area (Å²) in [5.74, 6) is -0.806. The van der Waals surface area contributed by atoms with E-state index in [2.05, 4.69) is 29.0 Å². The highest BCUT2D eigenvalue weighted by molar-refractivity contribution is 6.50. The molecule has 1 aliphatic rings. The summed E-state index contributed by atoms with van der Waals surface area (Å²) in [7, 11) is 0. The van der Waals surface area contributed by atoms with E-state index in [1.807, 2.05) is 59.3 Å². The van der Waals surface area contributed by atoms with E-state index in [4.69, 9.17) is 0 Å². The van der Waals surface area contributed by atoms with Crippen molar-refractivity contribution in [3.05, 3.63) is 72.1 Å². The van der Waals surface area contributed by atoms with Gasteiger partial charge < -0.3 is 19.6 Å². The third kappa shape index (κ3) is 3.73. The minimum absolute atomic E-state index is 0.364. The number of hydrogen-bond acceptors (Lipinski definition) is 4. The topological polar surface area (TPSA) is 90.4 Å². The molecule has 2 amide bonds. The van der Waals surface area contributed by atoms with Gasteiger partial charge in [0.05, 0.1) is 17.3 Å². The van der Waals surface area contributed by atoms with Crippen LogP contribution in [0.5, 0.6) is 0 Å². The molecule has 3 heterocycles. The van der Waals surface area contributed by atoms with Crippen molar-refractivity contribution in [3.8, 4) is 0 Å². The minimum atomic E-state index is -0.565. The van der Waals surface area contributed by atoms with Crippen LogP contribution in [0.1, 0.15) is 25.0 Å². The molecule has 0 fully saturated rings. The molecule has 5 rings (SSSR count). The number of imide groups is 1. The lowest BCUT2D eigenvalue weighted by Crippen LogP contribution is -2.34. The van der Waals surface area contributed by atoms with Crippen LogP contribution in [0.3, 0.4) is 0 Å². The number of aliphatic hydroxyl groups is 1.